The van der Waals surface area contributed by atoms with Gasteiger partial charge in [-0.3, -0.25) is 14.4 Å². The van der Waals surface area contributed by atoms with Gasteiger partial charge >= 0.3 is 5.97 Å². The Morgan fingerprint density at radius 1 is 0.823 bits per heavy atom. The van der Waals surface area contributed by atoms with Crippen molar-refractivity contribution in [2.45, 2.75) is 202 Å². The van der Waals surface area contributed by atoms with Gasteiger partial charge in [0.25, 0.3) is 5.24 Å². The van der Waals surface area contributed by atoms with Gasteiger partial charge in [0.15, 0.2) is 5.78 Å². The lowest BCUT2D eigenvalue weighted by Crippen LogP contribution is -2.51. The first kappa shape index (κ1) is 53.0. The van der Waals surface area contributed by atoms with Crippen LogP contribution in [0.4, 0.5) is 4.79 Å². The second-order valence-corrected chi connectivity index (χ2v) is 22.6. The highest BCUT2D eigenvalue weighted by molar-refractivity contribution is 8.13. The summed E-state index contributed by atoms with van der Waals surface area (Å²) in [5, 5.41) is 0.114. The van der Waals surface area contributed by atoms with Crippen LogP contribution >= 0.6 is 11.8 Å². The molecule has 0 heterocycles. The first-order valence-electron chi connectivity index (χ1n) is 26.0. The van der Waals surface area contributed by atoms with Crippen LogP contribution in [-0.4, -0.2) is 85.6 Å². The average molecular weight is 883 g/mol. The van der Waals surface area contributed by atoms with E-state index in [1.807, 2.05) is 25.1 Å². The molecular formula is C54H94N2O5S. The van der Waals surface area contributed by atoms with Gasteiger partial charge in [-0.2, -0.15) is 0 Å². The molecule has 7 nitrogen and oxygen atoms in total. The van der Waals surface area contributed by atoms with Crippen LogP contribution in [0, 0.1) is 46.3 Å². The third-order valence-electron chi connectivity index (χ3n) is 16.2. The van der Waals surface area contributed by atoms with E-state index in [1.54, 1.807) is 5.57 Å². The number of allylic oxidation sites excluding steroid dienone is 2. The smallest absolute Gasteiger partial charge is 0.306 e. The molecule has 8 heteroatoms. The average Bonchev–Trinajstić information content (AvgIpc) is 3.59. The van der Waals surface area contributed by atoms with E-state index in [1.165, 1.54) is 95.2 Å². The van der Waals surface area contributed by atoms with E-state index in [-0.39, 0.29) is 35.1 Å². The van der Waals surface area contributed by atoms with Crippen molar-refractivity contribution in [3.05, 3.63) is 23.8 Å². The van der Waals surface area contributed by atoms with E-state index >= 15 is 0 Å². The van der Waals surface area contributed by atoms with Crippen molar-refractivity contribution in [2.75, 3.05) is 52.7 Å². The minimum atomic E-state index is -0.116. The molecular weight excluding hydrogens is 789 g/mol. The number of carbonyl (C=O) groups excluding carboxylic acids is 3. The van der Waals surface area contributed by atoms with Crippen LogP contribution in [0.1, 0.15) is 196 Å². The second kappa shape index (κ2) is 27.7. The number of hydrogen-bond acceptors (Lipinski definition) is 7. The Hall–Kier alpha value is -1.64. The molecule has 62 heavy (non-hydrogen) atoms. The fraction of sp³-hybridized carbons (Fsp3) is 0.870. The summed E-state index contributed by atoms with van der Waals surface area (Å²) in [6, 6.07) is 0. The quantitative estimate of drug-likeness (QED) is 0.0404. The molecule has 3 saturated carbocycles. The number of rotatable bonds is 30. The molecule has 0 unspecified atom stereocenters. The van der Waals surface area contributed by atoms with Gasteiger partial charge in [0, 0.05) is 38.2 Å². The summed E-state index contributed by atoms with van der Waals surface area (Å²) in [6.07, 6.45) is 33.6. The summed E-state index contributed by atoms with van der Waals surface area (Å²) in [4.78, 5) is 42.6. The van der Waals surface area contributed by atoms with E-state index in [0.29, 0.717) is 44.4 Å². The van der Waals surface area contributed by atoms with Crippen LogP contribution in [0.3, 0.4) is 0 Å². The fourth-order valence-electron chi connectivity index (χ4n) is 12.4. The lowest BCUT2D eigenvalue weighted by molar-refractivity contribution is -0.142. The van der Waals surface area contributed by atoms with Crippen molar-refractivity contribution in [1.29, 1.82) is 0 Å². The minimum Gasteiger partial charge on any atom is -0.461 e. The normalized spacial score (nSPS) is 27.5. The molecule has 0 spiro atoms. The first-order chi connectivity index (χ1) is 29.8. The molecule has 0 N–H and O–H groups in total. The molecule has 356 valence electrons. The standard InChI is InChI=1S/C54H94N2O5S/c1-9-10-11-12-13-17-20-38-60-51(58)26-18-15-14-16-19-35-56(52(59)62-39-37-55(7)8)36-22-25-45(57)41-61-46-31-33-53(5)44(40-46)27-28-47-49-30-29-48(43(4)24-21-23-42(2)3)54(49,6)34-32-50(47)53/h17,20,27,42-43,46-50H,9-16,18-19,21-26,28-41H2,1-8H3/b20-17-/t43-,46+,47+,48-,49+,50+,53+,54-/m1/s1. The molecule has 0 aromatic heterocycles. The van der Waals surface area contributed by atoms with Crippen molar-refractivity contribution in [2.24, 2.45) is 46.3 Å². The van der Waals surface area contributed by atoms with E-state index in [2.05, 4.69) is 58.6 Å². The monoisotopic (exact) mass is 883 g/mol. The van der Waals surface area contributed by atoms with Crippen molar-refractivity contribution in [3.8, 4) is 0 Å². The second-order valence-electron chi connectivity index (χ2n) is 21.5. The fourth-order valence-corrected chi connectivity index (χ4v) is 13.4. The van der Waals surface area contributed by atoms with Gasteiger partial charge in [-0.1, -0.05) is 135 Å². The summed E-state index contributed by atoms with van der Waals surface area (Å²) in [7, 11) is 4.06. The number of nitrogens with zero attached hydrogens (tertiary/aromatic N) is 2. The van der Waals surface area contributed by atoms with Gasteiger partial charge in [-0.25, -0.2) is 0 Å². The predicted octanol–water partition coefficient (Wildman–Crippen LogP) is 13.9. The lowest BCUT2D eigenvalue weighted by atomic mass is 9.47. The van der Waals surface area contributed by atoms with E-state index in [9.17, 15) is 14.4 Å². The Morgan fingerprint density at radius 3 is 2.35 bits per heavy atom. The summed E-state index contributed by atoms with van der Waals surface area (Å²) < 4.78 is 11.8. The highest BCUT2D eigenvalue weighted by Crippen LogP contribution is 2.67. The van der Waals surface area contributed by atoms with Crippen LogP contribution in [0.5, 0.6) is 0 Å². The van der Waals surface area contributed by atoms with Crippen LogP contribution in [-0.2, 0) is 19.1 Å². The molecule has 0 aromatic rings. The molecule has 4 rings (SSSR count). The SMILES string of the molecule is CCCCCC/C=C\COC(=O)CCCCCCCN(CCCC(=O)CO[C@H]1CC[C@@]2(C)C(=CC[C@H]3[C@@H]4CC[C@H]([C@H](C)CCCC(C)C)[C@@]4(C)CC[C@@H]32)C1)C(=O)SCCN(C)C. The van der Waals surface area contributed by atoms with Gasteiger partial charge in [-0.05, 0) is 144 Å². The molecule has 4 aliphatic carbocycles. The van der Waals surface area contributed by atoms with E-state index in [0.717, 1.165) is 99.2 Å². The largest absolute Gasteiger partial charge is 0.461 e. The Morgan fingerprint density at radius 2 is 1.58 bits per heavy atom. The number of unbranched alkanes of at least 4 members (excludes halogenated alkanes) is 8. The number of ether oxygens (including phenoxy) is 2. The van der Waals surface area contributed by atoms with Gasteiger partial charge in [0.1, 0.15) is 13.2 Å². The van der Waals surface area contributed by atoms with Crippen LogP contribution in [0.2, 0.25) is 0 Å². The summed E-state index contributed by atoms with van der Waals surface area (Å²) in [5.74, 6) is 5.85. The van der Waals surface area contributed by atoms with Crippen molar-refractivity contribution in [1.82, 2.24) is 9.80 Å². The van der Waals surface area contributed by atoms with E-state index in [4.69, 9.17) is 9.47 Å². The van der Waals surface area contributed by atoms with Crippen LogP contribution in [0.15, 0.2) is 23.8 Å². The van der Waals surface area contributed by atoms with Crippen molar-refractivity contribution >= 4 is 28.8 Å². The molecule has 8 atom stereocenters. The number of esters is 1. The molecule has 0 radical (unpaired) electrons. The molecule has 0 aromatic carbocycles. The first-order valence-corrected chi connectivity index (χ1v) is 27.0. The number of ketones is 1. The van der Waals surface area contributed by atoms with Crippen molar-refractivity contribution in [3.63, 3.8) is 0 Å². The number of Topliss-reactive ketones (excluding diaryl/α,β-unsaturated/α-hetero) is 1. The zero-order valence-corrected chi connectivity index (χ0v) is 42.1. The van der Waals surface area contributed by atoms with Gasteiger partial charge < -0.3 is 19.3 Å². The summed E-state index contributed by atoms with van der Waals surface area (Å²) in [6.45, 7) is 17.5. The Labute approximate surface area is 385 Å². The molecule has 0 saturated heterocycles. The number of hydrogen-bond donors (Lipinski definition) is 0. The molecule has 4 aliphatic rings. The predicted molar refractivity (Wildman–Crippen MR) is 262 cm³/mol. The molecule has 1 amide bonds. The molecule has 0 aliphatic heterocycles. The topological polar surface area (TPSA) is 76.1 Å². The maximum absolute atomic E-state index is 13.3. The molecule has 3 fully saturated rings. The highest BCUT2D eigenvalue weighted by Gasteiger charge is 2.59. The van der Waals surface area contributed by atoms with Gasteiger partial charge in [-0.15, -0.1) is 0 Å². The van der Waals surface area contributed by atoms with Gasteiger partial charge in [0.2, 0.25) is 0 Å². The maximum atomic E-state index is 13.3. The molecule has 0 bridgehead atoms. The van der Waals surface area contributed by atoms with Gasteiger partial charge in [0.05, 0.1) is 6.10 Å². The number of carbonyl (C=O) groups is 3. The Kier molecular flexibility index (Phi) is 23.7. The zero-order valence-electron chi connectivity index (χ0n) is 41.3. The Balaban J connectivity index is 1.14. The summed E-state index contributed by atoms with van der Waals surface area (Å²) in [5.41, 5.74) is 2.42. The third-order valence-corrected chi connectivity index (χ3v) is 17.1. The van der Waals surface area contributed by atoms with Crippen molar-refractivity contribution < 1.29 is 23.9 Å². The maximum Gasteiger partial charge on any atom is 0.306 e. The van der Waals surface area contributed by atoms with Crippen LogP contribution < -0.4 is 0 Å². The number of amides is 1. The summed E-state index contributed by atoms with van der Waals surface area (Å²) >= 11 is 1.39. The number of thioether (sulfide) groups is 1. The Bertz CT molecular complexity index is 1400. The highest BCUT2D eigenvalue weighted by atomic mass is 32.2. The van der Waals surface area contributed by atoms with Crippen LogP contribution in [0.25, 0.3) is 0 Å². The minimum absolute atomic E-state index is 0.114. The number of fused-ring (bicyclic) bond motifs is 5. The third kappa shape index (κ3) is 16.7. The lowest BCUT2D eigenvalue weighted by Gasteiger charge is -2.58. The zero-order chi connectivity index (χ0) is 45.0. The van der Waals surface area contributed by atoms with E-state index < -0.39 is 0 Å².